The molecule has 0 rings (SSSR count). The van der Waals surface area contributed by atoms with E-state index in [0.29, 0.717) is 19.8 Å². The highest BCUT2D eigenvalue weighted by atomic mass is 19.4. The van der Waals surface area contributed by atoms with Gasteiger partial charge in [-0.15, -0.1) is 0 Å². The van der Waals surface area contributed by atoms with Crippen molar-refractivity contribution in [3.05, 3.63) is 0 Å². The second kappa shape index (κ2) is 8.36. The van der Waals surface area contributed by atoms with Gasteiger partial charge in [-0.3, -0.25) is 0 Å². The van der Waals surface area contributed by atoms with Crippen molar-refractivity contribution in [1.29, 1.82) is 5.26 Å². The molecule has 0 saturated carbocycles. The fourth-order valence-electron chi connectivity index (χ4n) is 0.974. The van der Waals surface area contributed by atoms with Crippen LogP contribution in [-0.4, -0.2) is 32.5 Å². The number of hydrogen-bond acceptors (Lipinski definition) is 3. The molecule has 0 heterocycles. The van der Waals surface area contributed by atoms with E-state index in [-0.39, 0.29) is 6.54 Å². The molecule has 0 fully saturated rings. The van der Waals surface area contributed by atoms with Crippen molar-refractivity contribution in [3.8, 4) is 6.07 Å². The molecule has 0 saturated heterocycles. The van der Waals surface area contributed by atoms with E-state index >= 15 is 0 Å². The van der Waals surface area contributed by atoms with Gasteiger partial charge in [0.1, 0.15) is 0 Å². The molecule has 0 aromatic heterocycles. The highest BCUT2D eigenvalue weighted by molar-refractivity contribution is 4.89. The van der Waals surface area contributed by atoms with Crippen LogP contribution in [0, 0.1) is 17.2 Å². The van der Waals surface area contributed by atoms with Crippen molar-refractivity contribution in [2.24, 2.45) is 5.92 Å². The zero-order chi connectivity index (χ0) is 12.4. The van der Waals surface area contributed by atoms with Crippen LogP contribution in [0.5, 0.6) is 0 Å². The first-order valence-corrected chi connectivity index (χ1v) is 5.27. The van der Waals surface area contributed by atoms with Gasteiger partial charge in [-0.1, -0.05) is 13.3 Å². The van der Waals surface area contributed by atoms with Crippen molar-refractivity contribution in [3.63, 3.8) is 0 Å². The van der Waals surface area contributed by atoms with Crippen LogP contribution in [0.1, 0.15) is 19.8 Å². The topological polar surface area (TPSA) is 45.0 Å². The minimum atomic E-state index is -4.45. The summed E-state index contributed by atoms with van der Waals surface area (Å²) >= 11 is 0. The smallest absolute Gasteiger partial charge is 0.380 e. The van der Waals surface area contributed by atoms with Crippen LogP contribution in [0.25, 0.3) is 0 Å². The van der Waals surface area contributed by atoms with E-state index in [1.54, 1.807) is 0 Å². The zero-order valence-electron chi connectivity index (χ0n) is 9.31. The number of nitrogens with zero attached hydrogens (tertiary/aromatic N) is 1. The molecule has 0 radical (unpaired) electrons. The number of ether oxygens (including phenoxy) is 1. The summed E-state index contributed by atoms with van der Waals surface area (Å²) in [7, 11) is 0. The maximum absolute atomic E-state index is 12.1. The third-order valence-electron chi connectivity index (χ3n) is 1.96. The van der Waals surface area contributed by atoms with Gasteiger partial charge in [0.25, 0.3) is 0 Å². The second-order valence-corrected chi connectivity index (χ2v) is 3.39. The Kier molecular flexibility index (Phi) is 7.95. The molecule has 1 unspecified atom stereocenters. The van der Waals surface area contributed by atoms with E-state index in [1.807, 2.05) is 6.92 Å². The van der Waals surface area contributed by atoms with Crippen LogP contribution < -0.4 is 5.32 Å². The molecule has 1 N–H and O–H groups in total. The Balaban J connectivity index is 3.47. The van der Waals surface area contributed by atoms with Crippen LogP contribution in [0.15, 0.2) is 0 Å². The number of hydrogen-bond donors (Lipinski definition) is 1. The standard InChI is InChI=1S/C10H17F3N2O/c1-2-3-5-16-6-4-15-8-9(7-14)10(11,12)13/h9,15H,2-6,8H2,1H3. The first-order valence-electron chi connectivity index (χ1n) is 5.27. The molecule has 1 atom stereocenters. The Hall–Kier alpha value is -0.800. The lowest BCUT2D eigenvalue weighted by Crippen LogP contribution is -2.34. The van der Waals surface area contributed by atoms with Gasteiger partial charge in [0.2, 0.25) is 0 Å². The molecular weight excluding hydrogens is 221 g/mol. The minimum absolute atomic E-state index is 0.331. The van der Waals surface area contributed by atoms with Crippen molar-refractivity contribution >= 4 is 0 Å². The van der Waals surface area contributed by atoms with E-state index in [2.05, 4.69) is 5.32 Å². The quantitative estimate of drug-likeness (QED) is 0.658. The third kappa shape index (κ3) is 7.49. The zero-order valence-corrected chi connectivity index (χ0v) is 9.31. The van der Waals surface area contributed by atoms with Crippen molar-refractivity contribution < 1.29 is 17.9 Å². The summed E-state index contributed by atoms with van der Waals surface area (Å²) in [5.74, 6) is -1.94. The highest BCUT2D eigenvalue weighted by Gasteiger charge is 2.39. The number of unbranched alkanes of at least 4 members (excludes halogenated alkanes) is 1. The number of rotatable bonds is 8. The van der Waals surface area contributed by atoms with Crippen LogP contribution in [0.4, 0.5) is 13.2 Å². The van der Waals surface area contributed by atoms with Gasteiger partial charge in [0.05, 0.1) is 12.7 Å². The Bertz CT molecular complexity index is 213. The van der Waals surface area contributed by atoms with Crippen LogP contribution >= 0.6 is 0 Å². The lowest BCUT2D eigenvalue weighted by molar-refractivity contribution is -0.157. The van der Waals surface area contributed by atoms with E-state index < -0.39 is 12.1 Å². The number of halogens is 3. The summed E-state index contributed by atoms with van der Waals surface area (Å²) < 4.78 is 41.5. The summed E-state index contributed by atoms with van der Waals surface area (Å²) in [6, 6.07) is 1.22. The lowest BCUT2D eigenvalue weighted by atomic mass is 10.1. The third-order valence-corrected chi connectivity index (χ3v) is 1.96. The molecule has 3 nitrogen and oxygen atoms in total. The van der Waals surface area contributed by atoms with Crippen LogP contribution in [0.3, 0.4) is 0 Å². The van der Waals surface area contributed by atoms with E-state index in [1.165, 1.54) is 6.07 Å². The number of nitrogens with one attached hydrogen (secondary N) is 1. The van der Waals surface area contributed by atoms with Crippen molar-refractivity contribution in [2.45, 2.75) is 25.9 Å². The Labute approximate surface area is 93.6 Å². The Morgan fingerprint density at radius 1 is 1.38 bits per heavy atom. The van der Waals surface area contributed by atoms with Crippen LogP contribution in [-0.2, 0) is 4.74 Å². The maximum atomic E-state index is 12.1. The average molecular weight is 238 g/mol. The van der Waals surface area contributed by atoms with Gasteiger partial charge in [-0.05, 0) is 6.42 Å². The summed E-state index contributed by atoms with van der Waals surface area (Å²) in [5.41, 5.74) is 0. The molecule has 0 aliphatic carbocycles. The molecule has 0 aromatic rings. The molecule has 0 spiro atoms. The first-order chi connectivity index (χ1) is 7.52. The predicted octanol–water partition coefficient (Wildman–Crippen LogP) is 2.09. The maximum Gasteiger partial charge on any atom is 0.405 e. The monoisotopic (exact) mass is 238 g/mol. The molecule has 0 aliphatic rings. The number of nitriles is 1. The molecule has 6 heteroatoms. The van der Waals surface area contributed by atoms with Gasteiger partial charge in [0, 0.05) is 19.7 Å². The molecule has 16 heavy (non-hydrogen) atoms. The molecule has 0 aromatic carbocycles. The minimum Gasteiger partial charge on any atom is -0.380 e. The van der Waals surface area contributed by atoms with Gasteiger partial charge >= 0.3 is 6.18 Å². The number of alkyl halides is 3. The Morgan fingerprint density at radius 2 is 2.06 bits per heavy atom. The SMILES string of the molecule is CCCCOCCNCC(C#N)C(F)(F)F. The predicted molar refractivity (Wildman–Crippen MR) is 53.8 cm³/mol. The second-order valence-electron chi connectivity index (χ2n) is 3.39. The highest BCUT2D eigenvalue weighted by Crippen LogP contribution is 2.24. The Morgan fingerprint density at radius 3 is 2.56 bits per heavy atom. The summed E-state index contributed by atoms with van der Waals surface area (Å²) in [6.45, 7) is 2.98. The largest absolute Gasteiger partial charge is 0.405 e. The van der Waals surface area contributed by atoms with Gasteiger partial charge in [-0.2, -0.15) is 18.4 Å². The molecular formula is C10H17F3N2O. The summed E-state index contributed by atoms with van der Waals surface area (Å²) in [4.78, 5) is 0. The van der Waals surface area contributed by atoms with Gasteiger partial charge in [0.15, 0.2) is 5.92 Å². The van der Waals surface area contributed by atoms with Crippen molar-refractivity contribution in [2.75, 3.05) is 26.3 Å². The molecule has 0 bridgehead atoms. The normalized spacial score (nSPS) is 13.4. The van der Waals surface area contributed by atoms with Crippen molar-refractivity contribution in [1.82, 2.24) is 5.32 Å². The molecule has 0 aliphatic heterocycles. The summed E-state index contributed by atoms with van der Waals surface area (Å²) in [6.07, 6.45) is -2.48. The van der Waals surface area contributed by atoms with Gasteiger partial charge < -0.3 is 10.1 Å². The fraction of sp³-hybridized carbons (Fsp3) is 0.900. The van der Waals surface area contributed by atoms with E-state index in [0.717, 1.165) is 12.8 Å². The molecule has 94 valence electrons. The fourth-order valence-corrected chi connectivity index (χ4v) is 0.974. The van der Waals surface area contributed by atoms with E-state index in [4.69, 9.17) is 10.00 Å². The summed E-state index contributed by atoms with van der Waals surface area (Å²) in [5, 5.41) is 10.8. The van der Waals surface area contributed by atoms with Gasteiger partial charge in [-0.25, -0.2) is 0 Å². The molecule has 0 amide bonds. The lowest BCUT2D eigenvalue weighted by Gasteiger charge is -2.13. The first kappa shape index (κ1) is 15.2. The van der Waals surface area contributed by atoms with E-state index in [9.17, 15) is 13.2 Å². The average Bonchev–Trinajstić information content (AvgIpc) is 2.20. The van der Waals surface area contributed by atoms with Crippen LogP contribution in [0.2, 0.25) is 0 Å².